The Labute approximate surface area is 212 Å². The first-order chi connectivity index (χ1) is 14.8. The predicted octanol–water partition coefficient (Wildman–Crippen LogP) is 6.29. The van der Waals surface area contributed by atoms with Gasteiger partial charge >= 0.3 is 5.97 Å². The molecule has 3 rings (SSSR count). The summed E-state index contributed by atoms with van der Waals surface area (Å²) in [4.78, 5) is 17.4. The van der Waals surface area contributed by atoms with Gasteiger partial charge in [-0.05, 0) is 54.3 Å². The van der Waals surface area contributed by atoms with Gasteiger partial charge in [0, 0.05) is 23.5 Å². The van der Waals surface area contributed by atoms with Crippen LogP contribution in [0.2, 0.25) is 0 Å². The van der Waals surface area contributed by atoms with Crippen LogP contribution >= 0.6 is 36.2 Å². The zero-order valence-corrected chi connectivity index (χ0v) is 22.1. The van der Waals surface area contributed by atoms with Crippen LogP contribution in [-0.4, -0.2) is 18.1 Å². The molecule has 2 N–H and O–H groups in total. The summed E-state index contributed by atoms with van der Waals surface area (Å²) in [5.74, 6) is 0.596. The molecule has 3 aromatic rings. The summed E-state index contributed by atoms with van der Waals surface area (Å²) in [5.41, 5.74) is 13.6. The number of benzene rings is 1. The maximum absolute atomic E-state index is 12.0. The summed E-state index contributed by atoms with van der Waals surface area (Å²) in [5, 5.41) is 1.82. The molecule has 0 aliphatic carbocycles. The number of aryl methyl sites for hydroxylation is 2. The fraction of sp³-hybridized carbons (Fsp3) is 0.360. The number of thiophene rings is 1. The minimum absolute atomic E-state index is 0. The minimum atomic E-state index is -0.395. The van der Waals surface area contributed by atoms with Gasteiger partial charge in [-0.1, -0.05) is 43.7 Å². The van der Waals surface area contributed by atoms with Crippen LogP contribution in [0.1, 0.15) is 51.6 Å². The number of carbonyl (C=O) groups excluding carboxylic acids is 1. The Bertz CT molecular complexity index is 1070. The van der Waals surface area contributed by atoms with Crippen molar-refractivity contribution in [3.63, 3.8) is 0 Å². The number of aromatic nitrogens is 1. The lowest BCUT2D eigenvalue weighted by molar-refractivity contribution is 0.0601. The van der Waals surface area contributed by atoms with Gasteiger partial charge < -0.3 is 15.2 Å². The van der Waals surface area contributed by atoms with Crippen molar-refractivity contribution in [2.75, 3.05) is 7.11 Å². The second kappa shape index (κ2) is 12.9. The fourth-order valence-corrected chi connectivity index (χ4v) is 4.42. The van der Waals surface area contributed by atoms with E-state index in [1.54, 1.807) is 6.07 Å². The molecular weight excluding hydrogens is 479 g/mol. The molecule has 0 atom stereocenters. The van der Waals surface area contributed by atoms with Gasteiger partial charge in [-0.3, -0.25) is 4.98 Å². The molecule has 0 aliphatic rings. The van der Waals surface area contributed by atoms with Gasteiger partial charge in [0.15, 0.2) is 4.88 Å². The van der Waals surface area contributed by atoms with Crippen molar-refractivity contribution in [3.8, 4) is 16.9 Å². The van der Waals surface area contributed by atoms with Crippen molar-refractivity contribution < 1.29 is 14.3 Å². The summed E-state index contributed by atoms with van der Waals surface area (Å²) < 4.78 is 11.0. The number of halogens is 2. The molecule has 0 aliphatic heterocycles. The largest absolute Gasteiger partial charge is 0.487 e. The number of rotatable bonds is 8. The molecule has 2 heterocycles. The summed E-state index contributed by atoms with van der Waals surface area (Å²) in [7, 11) is 1.37. The molecule has 0 spiro atoms. The van der Waals surface area contributed by atoms with Crippen LogP contribution in [0.25, 0.3) is 11.1 Å². The maximum atomic E-state index is 12.0. The molecule has 2 aromatic heterocycles. The van der Waals surface area contributed by atoms with Gasteiger partial charge in [-0.25, -0.2) is 4.79 Å². The molecule has 0 saturated carbocycles. The van der Waals surface area contributed by atoms with Crippen molar-refractivity contribution in [1.29, 1.82) is 0 Å². The number of nitrogens with two attached hydrogens (primary N) is 1. The van der Waals surface area contributed by atoms with E-state index < -0.39 is 5.97 Å². The number of pyridine rings is 1. The van der Waals surface area contributed by atoms with E-state index in [2.05, 4.69) is 45.0 Å². The highest BCUT2D eigenvalue weighted by Crippen LogP contribution is 2.34. The third kappa shape index (κ3) is 6.70. The van der Waals surface area contributed by atoms with E-state index in [4.69, 9.17) is 20.2 Å². The standard InChI is InChI=1S/C25H30N2O3S.2ClH/c1-15(2)12-21-19(13-26)23(18-8-6-16(3)7-9-18)20(17(4)27-21)14-30-22-10-11-31-24(22)25(28)29-5;;/h6-11,15H,12-14,26H2,1-5H3;2*1H. The molecule has 5 nitrogen and oxygen atoms in total. The predicted molar refractivity (Wildman–Crippen MR) is 140 cm³/mol. The Hall–Kier alpha value is -2.12. The van der Waals surface area contributed by atoms with Crippen LogP contribution in [0.15, 0.2) is 35.7 Å². The number of esters is 1. The number of hydrogen-bond acceptors (Lipinski definition) is 6. The number of hydrogen-bond donors (Lipinski definition) is 1. The van der Waals surface area contributed by atoms with E-state index >= 15 is 0 Å². The quantitative estimate of drug-likeness (QED) is 0.360. The van der Waals surface area contributed by atoms with Gasteiger partial charge in [0.1, 0.15) is 12.4 Å². The van der Waals surface area contributed by atoms with Crippen LogP contribution in [0.4, 0.5) is 0 Å². The molecule has 0 bridgehead atoms. The number of ether oxygens (including phenoxy) is 2. The zero-order chi connectivity index (χ0) is 22.5. The molecule has 180 valence electrons. The highest BCUT2D eigenvalue weighted by molar-refractivity contribution is 7.12. The average Bonchev–Trinajstić information content (AvgIpc) is 3.21. The Morgan fingerprint density at radius 3 is 2.33 bits per heavy atom. The van der Waals surface area contributed by atoms with Crippen LogP contribution in [0.5, 0.6) is 5.75 Å². The van der Waals surface area contributed by atoms with E-state index in [0.717, 1.165) is 40.1 Å². The summed E-state index contributed by atoms with van der Waals surface area (Å²) >= 11 is 1.31. The van der Waals surface area contributed by atoms with Crippen molar-refractivity contribution in [2.24, 2.45) is 11.7 Å². The SMILES string of the molecule is COC(=O)c1sccc1OCc1c(C)nc(CC(C)C)c(CN)c1-c1ccc(C)cc1.Cl.Cl. The van der Waals surface area contributed by atoms with Crippen LogP contribution in [-0.2, 0) is 24.3 Å². The first-order valence-electron chi connectivity index (χ1n) is 10.4. The van der Waals surface area contributed by atoms with Crippen molar-refractivity contribution in [3.05, 3.63) is 68.7 Å². The number of methoxy groups -OCH3 is 1. The Balaban J connectivity index is 0.00000272. The second-order valence-corrected chi connectivity index (χ2v) is 8.95. The first kappa shape index (κ1) is 28.9. The van der Waals surface area contributed by atoms with Gasteiger partial charge in [0.2, 0.25) is 0 Å². The molecule has 33 heavy (non-hydrogen) atoms. The maximum Gasteiger partial charge on any atom is 0.351 e. The molecule has 0 saturated heterocycles. The summed E-state index contributed by atoms with van der Waals surface area (Å²) in [6.45, 7) is 9.14. The van der Waals surface area contributed by atoms with Crippen molar-refractivity contribution >= 4 is 42.1 Å². The summed E-state index contributed by atoms with van der Waals surface area (Å²) in [6.07, 6.45) is 0.865. The second-order valence-electron chi connectivity index (χ2n) is 8.04. The third-order valence-electron chi connectivity index (χ3n) is 5.21. The van der Waals surface area contributed by atoms with Crippen molar-refractivity contribution in [1.82, 2.24) is 4.98 Å². The van der Waals surface area contributed by atoms with Gasteiger partial charge in [-0.2, -0.15) is 0 Å². The van der Waals surface area contributed by atoms with E-state index in [1.807, 2.05) is 12.3 Å². The number of nitrogens with zero attached hydrogens (tertiary/aromatic N) is 1. The van der Waals surface area contributed by atoms with E-state index in [9.17, 15) is 4.79 Å². The normalized spacial score (nSPS) is 10.4. The molecule has 8 heteroatoms. The summed E-state index contributed by atoms with van der Waals surface area (Å²) in [6, 6.07) is 10.2. The Kier molecular flexibility index (Phi) is 11.3. The lowest BCUT2D eigenvalue weighted by Gasteiger charge is -2.21. The van der Waals surface area contributed by atoms with E-state index in [1.165, 1.54) is 24.0 Å². The van der Waals surface area contributed by atoms with E-state index in [0.29, 0.717) is 23.1 Å². The lowest BCUT2D eigenvalue weighted by Crippen LogP contribution is -2.14. The monoisotopic (exact) mass is 510 g/mol. The molecule has 0 amide bonds. The van der Waals surface area contributed by atoms with Crippen LogP contribution in [0.3, 0.4) is 0 Å². The highest BCUT2D eigenvalue weighted by atomic mass is 35.5. The molecule has 1 aromatic carbocycles. The Morgan fingerprint density at radius 1 is 1.09 bits per heavy atom. The number of carbonyl (C=O) groups is 1. The Morgan fingerprint density at radius 2 is 1.76 bits per heavy atom. The third-order valence-corrected chi connectivity index (χ3v) is 6.08. The van der Waals surface area contributed by atoms with Crippen molar-refractivity contribution in [2.45, 2.75) is 47.3 Å². The van der Waals surface area contributed by atoms with Crippen LogP contribution in [0, 0.1) is 19.8 Å². The smallest absolute Gasteiger partial charge is 0.351 e. The van der Waals surface area contributed by atoms with E-state index in [-0.39, 0.29) is 31.4 Å². The minimum Gasteiger partial charge on any atom is -0.487 e. The highest BCUT2D eigenvalue weighted by Gasteiger charge is 2.21. The van der Waals surface area contributed by atoms with Crippen LogP contribution < -0.4 is 10.5 Å². The topological polar surface area (TPSA) is 74.4 Å². The molecular formula is C25H32Cl2N2O3S. The van der Waals surface area contributed by atoms with Gasteiger partial charge in [-0.15, -0.1) is 36.2 Å². The van der Waals surface area contributed by atoms with Gasteiger partial charge in [0.25, 0.3) is 0 Å². The zero-order valence-electron chi connectivity index (χ0n) is 19.6. The average molecular weight is 512 g/mol. The molecule has 0 unspecified atom stereocenters. The molecule has 0 fully saturated rings. The fourth-order valence-electron chi connectivity index (χ4n) is 3.67. The first-order valence-corrected chi connectivity index (χ1v) is 11.3. The molecule has 0 radical (unpaired) electrons. The van der Waals surface area contributed by atoms with Gasteiger partial charge in [0.05, 0.1) is 7.11 Å². The lowest BCUT2D eigenvalue weighted by atomic mass is 9.90.